The summed E-state index contributed by atoms with van der Waals surface area (Å²) in [5.74, 6) is 0. The molecule has 0 bridgehead atoms. The van der Waals surface area contributed by atoms with Gasteiger partial charge in [0, 0.05) is 11.9 Å². The van der Waals surface area contributed by atoms with Gasteiger partial charge in [0.2, 0.25) is 0 Å². The van der Waals surface area contributed by atoms with Gasteiger partial charge in [-0.1, -0.05) is 12.1 Å². The molecule has 1 aromatic rings. The first-order valence-electron chi connectivity index (χ1n) is 3.39. The Labute approximate surface area is 69.8 Å². The van der Waals surface area contributed by atoms with E-state index in [2.05, 4.69) is 10.2 Å². The topological polar surface area (TPSA) is 35.2 Å². The average molecular weight is 164 g/mol. The molecule has 0 aliphatic carbocycles. The summed E-state index contributed by atoms with van der Waals surface area (Å²) in [6, 6.07) is 7.67. The van der Waals surface area contributed by atoms with Crippen LogP contribution < -0.4 is 5.73 Å². The fourth-order valence-corrected chi connectivity index (χ4v) is 0.954. The van der Waals surface area contributed by atoms with Crippen molar-refractivity contribution in [2.24, 2.45) is 0 Å². The molecule has 0 aliphatic heterocycles. The van der Waals surface area contributed by atoms with Crippen LogP contribution in [0.25, 0.3) is 0 Å². The van der Waals surface area contributed by atoms with Crippen molar-refractivity contribution in [3.8, 4) is 0 Å². The van der Waals surface area contributed by atoms with Gasteiger partial charge >= 0.3 is 0 Å². The van der Waals surface area contributed by atoms with Crippen molar-refractivity contribution in [1.29, 1.82) is 0 Å². The van der Waals surface area contributed by atoms with E-state index in [0.29, 0.717) is 12.8 Å². The van der Waals surface area contributed by atoms with Crippen LogP contribution in [0.1, 0.15) is 5.56 Å². The molecule has 0 spiro atoms. The van der Waals surface area contributed by atoms with Crippen molar-refractivity contribution in [3.05, 3.63) is 29.8 Å². The highest BCUT2D eigenvalue weighted by molar-refractivity contribution is 6.08. The second-order valence-corrected chi connectivity index (χ2v) is 2.53. The lowest BCUT2D eigenvalue weighted by Gasteiger charge is -2.01. The molecule has 2 N–H and O–H groups in total. The number of hydrogen-bond acceptors (Lipinski definition) is 2. The Morgan fingerprint density at radius 2 is 2.27 bits per heavy atom. The minimum atomic E-state index is 0.550. The van der Waals surface area contributed by atoms with Gasteiger partial charge in [0.1, 0.15) is 0 Å². The van der Waals surface area contributed by atoms with Gasteiger partial charge in [-0.15, -0.1) is 0 Å². The summed E-state index contributed by atoms with van der Waals surface area (Å²) in [7, 11) is 3.22. The van der Waals surface area contributed by atoms with Crippen LogP contribution in [0.3, 0.4) is 0 Å². The summed E-state index contributed by atoms with van der Waals surface area (Å²) >= 11 is 0. The first-order chi connectivity index (χ1) is 5.33. The highest BCUT2D eigenvalue weighted by Gasteiger charge is 1.91. The second kappa shape index (κ2) is 4.15. The third kappa shape index (κ3) is 2.74. The molecule has 0 saturated heterocycles. The van der Waals surface area contributed by atoms with Crippen LogP contribution in [-0.4, -0.2) is 16.5 Å². The number of rotatable bonds is 3. The van der Waals surface area contributed by atoms with Crippen LogP contribution in [0.2, 0.25) is 0 Å². The Bertz CT molecular complexity index is 227. The van der Waals surface area contributed by atoms with Crippen LogP contribution in [-0.2, 0) is 11.3 Å². The number of nitrogens with two attached hydrogens (primary N) is 1. The van der Waals surface area contributed by atoms with E-state index in [1.807, 2.05) is 24.3 Å². The summed E-state index contributed by atoms with van der Waals surface area (Å²) in [5, 5.41) is 0. The molecule has 0 atom stereocenters. The summed E-state index contributed by atoms with van der Waals surface area (Å²) in [4.78, 5) is 0. The smallest absolute Gasteiger partial charge is 0.0713 e. The van der Waals surface area contributed by atoms with Crippen molar-refractivity contribution in [1.82, 2.24) is 0 Å². The van der Waals surface area contributed by atoms with Crippen molar-refractivity contribution < 1.29 is 4.74 Å². The Morgan fingerprint density at radius 3 is 2.91 bits per heavy atom. The summed E-state index contributed by atoms with van der Waals surface area (Å²) < 4.78 is 5.13. The molecule has 0 amide bonds. The highest BCUT2D eigenvalue weighted by Crippen LogP contribution is 2.06. The predicted octanol–water partition coefficient (Wildman–Crippen LogP) is 0.911. The lowest BCUT2D eigenvalue weighted by atomic mass is 10.2. The first-order valence-corrected chi connectivity index (χ1v) is 4.10. The zero-order valence-electron chi connectivity index (χ0n) is 6.21. The minimum absolute atomic E-state index is 0.550. The lowest BCUT2D eigenvalue weighted by molar-refractivity contribution is 0.165. The fraction of sp³-hybridized carbons (Fsp3) is 0.250. The van der Waals surface area contributed by atoms with E-state index < -0.39 is 0 Å². The van der Waals surface area contributed by atoms with E-state index in [1.165, 1.54) is 0 Å². The molecule has 0 fully saturated rings. The first kappa shape index (κ1) is 8.29. The number of hydrogen-bond donors (Lipinski definition) is 1. The molecule has 0 saturated carbocycles. The third-order valence-electron chi connectivity index (χ3n) is 1.32. The molecule has 1 rings (SSSR count). The monoisotopic (exact) mass is 164 g/mol. The number of benzene rings is 1. The predicted molar refractivity (Wildman–Crippen MR) is 46.3 cm³/mol. The van der Waals surface area contributed by atoms with Crippen LogP contribution in [0.4, 0.5) is 5.69 Å². The molecular formula is C8H10NOSi. The van der Waals surface area contributed by atoms with Crippen LogP contribution in [0, 0.1) is 0 Å². The Morgan fingerprint density at radius 1 is 1.45 bits per heavy atom. The zero-order chi connectivity index (χ0) is 8.10. The lowest BCUT2D eigenvalue weighted by Crippen LogP contribution is -1.95. The Kier molecular flexibility index (Phi) is 3.13. The maximum Gasteiger partial charge on any atom is 0.0713 e. The summed E-state index contributed by atoms with van der Waals surface area (Å²) in [5.41, 5.74) is 7.44. The van der Waals surface area contributed by atoms with Gasteiger partial charge in [0.25, 0.3) is 0 Å². The molecule has 0 heterocycles. The number of ether oxygens (including phenoxy) is 1. The SMILES string of the molecule is Nc1cccc(COC[Si])c1. The van der Waals surface area contributed by atoms with Crippen molar-refractivity contribution in [3.63, 3.8) is 0 Å². The quantitative estimate of drug-likeness (QED) is 0.532. The zero-order valence-corrected chi connectivity index (χ0v) is 7.21. The van der Waals surface area contributed by atoms with E-state index in [9.17, 15) is 0 Å². The number of anilines is 1. The van der Waals surface area contributed by atoms with E-state index >= 15 is 0 Å². The molecule has 2 nitrogen and oxygen atoms in total. The Balaban J connectivity index is 2.56. The Hall–Kier alpha value is -0.803. The molecule has 11 heavy (non-hydrogen) atoms. The van der Waals surface area contributed by atoms with Gasteiger partial charge in [0.05, 0.1) is 16.8 Å². The van der Waals surface area contributed by atoms with Crippen molar-refractivity contribution in [2.75, 3.05) is 12.0 Å². The van der Waals surface area contributed by atoms with Crippen molar-refractivity contribution >= 4 is 15.9 Å². The van der Waals surface area contributed by atoms with Gasteiger partial charge in [-0.25, -0.2) is 0 Å². The largest absolute Gasteiger partial charge is 0.399 e. The van der Waals surface area contributed by atoms with E-state index in [0.717, 1.165) is 11.3 Å². The number of nitrogen functional groups attached to an aromatic ring is 1. The van der Waals surface area contributed by atoms with E-state index in [4.69, 9.17) is 10.5 Å². The molecule has 0 aromatic heterocycles. The van der Waals surface area contributed by atoms with E-state index in [1.54, 1.807) is 0 Å². The van der Waals surface area contributed by atoms with Gasteiger partial charge in [-0.3, -0.25) is 0 Å². The van der Waals surface area contributed by atoms with Crippen LogP contribution in [0.15, 0.2) is 24.3 Å². The van der Waals surface area contributed by atoms with Gasteiger partial charge in [0.15, 0.2) is 0 Å². The molecule has 3 heteroatoms. The summed E-state index contributed by atoms with van der Waals surface area (Å²) in [6.45, 7) is 0.606. The summed E-state index contributed by atoms with van der Waals surface area (Å²) in [6.07, 6.45) is 0.550. The third-order valence-corrected chi connectivity index (χ3v) is 1.53. The maximum atomic E-state index is 5.56. The van der Waals surface area contributed by atoms with Gasteiger partial charge in [-0.05, 0) is 17.7 Å². The molecule has 0 unspecified atom stereocenters. The average Bonchev–Trinajstić information content (AvgIpc) is 2.01. The normalized spacial score (nSPS) is 9.91. The second-order valence-electron chi connectivity index (χ2n) is 2.24. The molecular weight excluding hydrogens is 154 g/mol. The minimum Gasteiger partial charge on any atom is -0.399 e. The van der Waals surface area contributed by atoms with Gasteiger partial charge in [-0.2, -0.15) is 0 Å². The van der Waals surface area contributed by atoms with E-state index in [-0.39, 0.29) is 0 Å². The molecule has 57 valence electrons. The standard InChI is InChI=1S/C8H10NOSi/c9-8-3-1-2-7(4-8)5-10-6-11/h1-4H,5-6,9H2. The maximum absolute atomic E-state index is 5.56. The molecule has 3 radical (unpaired) electrons. The fourth-order valence-electron chi connectivity index (χ4n) is 0.852. The van der Waals surface area contributed by atoms with Crippen LogP contribution in [0.5, 0.6) is 0 Å². The molecule has 0 aliphatic rings. The van der Waals surface area contributed by atoms with Crippen molar-refractivity contribution in [2.45, 2.75) is 6.61 Å². The molecule has 1 aromatic carbocycles. The highest BCUT2D eigenvalue weighted by atomic mass is 28.1. The van der Waals surface area contributed by atoms with Crippen LogP contribution >= 0.6 is 0 Å². The van der Waals surface area contributed by atoms with Gasteiger partial charge < -0.3 is 10.5 Å².